The van der Waals surface area contributed by atoms with Gasteiger partial charge in [0, 0.05) is 38.9 Å². The normalized spacial score (nSPS) is 21.2. The quantitative estimate of drug-likeness (QED) is 0.0493. The number of nitrogens with one attached hydrogen (secondary N) is 6. The highest BCUT2D eigenvalue weighted by Crippen LogP contribution is 2.29. The van der Waals surface area contributed by atoms with Crippen molar-refractivity contribution in [3.8, 4) is 17.2 Å². The highest BCUT2D eigenvalue weighted by Gasteiger charge is 2.48. The summed E-state index contributed by atoms with van der Waals surface area (Å²) < 4.78 is 17.2. The minimum atomic E-state index is -1.46. The fourth-order valence-electron chi connectivity index (χ4n) is 9.94. The zero-order valence-corrected chi connectivity index (χ0v) is 44.8. The van der Waals surface area contributed by atoms with Gasteiger partial charge in [-0.25, -0.2) is 0 Å². The van der Waals surface area contributed by atoms with Crippen LogP contribution in [0.4, 0.5) is 0 Å². The molecule has 2 fully saturated rings. The molecule has 79 heavy (non-hydrogen) atoms. The molecule has 2 aliphatic heterocycles. The number of carbonyl (C=O) groups excluding carboxylic acids is 7. The van der Waals surface area contributed by atoms with Crippen LogP contribution in [0.25, 0.3) is 0 Å². The predicted octanol–water partition coefficient (Wildman–Crippen LogP) is 2.80. The van der Waals surface area contributed by atoms with Crippen molar-refractivity contribution in [3.63, 3.8) is 0 Å². The number of fused-ring (bicyclic) bond motifs is 1. The third kappa shape index (κ3) is 16.6. The summed E-state index contributed by atoms with van der Waals surface area (Å²) in [4.78, 5) is 106. The second kappa shape index (κ2) is 29.5. The van der Waals surface area contributed by atoms with Gasteiger partial charge in [0.15, 0.2) is 0 Å². The summed E-state index contributed by atoms with van der Waals surface area (Å²) in [6, 6.07) is 31.9. The first-order chi connectivity index (χ1) is 38.4. The molecule has 0 aromatic heterocycles. The smallest absolute Gasteiger partial charge is 0.246 e. The molecule has 0 saturated carbocycles. The van der Waals surface area contributed by atoms with Crippen LogP contribution in [0.1, 0.15) is 59.9 Å². The Morgan fingerprint density at radius 3 is 1.63 bits per heavy atom. The van der Waals surface area contributed by atoms with Crippen molar-refractivity contribution in [2.24, 2.45) is 17.4 Å². The molecular formula is C60H73N9O10. The van der Waals surface area contributed by atoms with E-state index in [0.717, 1.165) is 5.56 Å². The first-order valence-electron chi connectivity index (χ1n) is 26.9. The molecule has 19 heteroatoms. The predicted molar refractivity (Wildman–Crippen MR) is 297 cm³/mol. The van der Waals surface area contributed by atoms with Crippen molar-refractivity contribution >= 4 is 41.4 Å². The lowest BCUT2D eigenvalue weighted by molar-refractivity contribution is -0.145. The molecule has 0 spiro atoms. The number of carbonyl (C=O) groups is 7. The van der Waals surface area contributed by atoms with Gasteiger partial charge in [0.1, 0.15) is 60.1 Å². The lowest BCUT2D eigenvalue weighted by atomic mass is 9.96. The van der Waals surface area contributed by atoms with Crippen LogP contribution in [0, 0.1) is 5.92 Å². The van der Waals surface area contributed by atoms with Gasteiger partial charge in [0.05, 0.1) is 20.1 Å². The molecule has 5 aromatic carbocycles. The van der Waals surface area contributed by atoms with E-state index in [1.54, 1.807) is 97.1 Å². The van der Waals surface area contributed by atoms with Crippen molar-refractivity contribution in [1.82, 2.24) is 36.8 Å². The Balaban J connectivity index is 1.31. The van der Waals surface area contributed by atoms with Gasteiger partial charge in [-0.1, -0.05) is 103 Å². The van der Waals surface area contributed by atoms with E-state index in [-0.39, 0.29) is 64.6 Å². The molecule has 10 N–H and O–H groups in total. The van der Waals surface area contributed by atoms with E-state index in [1.165, 1.54) is 19.1 Å². The maximum absolute atomic E-state index is 15.3. The summed E-state index contributed by atoms with van der Waals surface area (Å²) in [6.45, 7) is 0.774. The number of hydrogen-bond acceptors (Lipinski definition) is 12. The van der Waals surface area contributed by atoms with Crippen molar-refractivity contribution in [3.05, 3.63) is 161 Å². The maximum Gasteiger partial charge on any atom is 0.246 e. The number of amides is 7. The number of nitrogens with two attached hydrogens (primary N) is 2. The van der Waals surface area contributed by atoms with Crippen molar-refractivity contribution in [2.75, 3.05) is 40.4 Å². The molecule has 0 aliphatic carbocycles. The number of unbranched alkanes of at least 4 members (excludes halogenated alkanes) is 1. The molecule has 19 nitrogen and oxygen atoms in total. The van der Waals surface area contributed by atoms with Crippen LogP contribution in [-0.2, 0) is 65.9 Å². The van der Waals surface area contributed by atoms with Crippen LogP contribution in [-0.4, -0.2) is 123 Å². The molecule has 418 valence electrons. The Bertz CT molecular complexity index is 2820. The molecular weight excluding hydrogens is 1010 g/mol. The van der Waals surface area contributed by atoms with Crippen molar-refractivity contribution in [1.29, 1.82) is 0 Å². The topological polar surface area (TPSA) is 275 Å². The van der Waals surface area contributed by atoms with E-state index < -0.39 is 83.5 Å². The molecule has 7 atom stereocenters. The molecule has 0 bridgehead atoms. The van der Waals surface area contributed by atoms with E-state index in [4.69, 9.17) is 25.7 Å². The number of aryl methyl sites for hydroxylation is 1. The van der Waals surface area contributed by atoms with Gasteiger partial charge in [0.25, 0.3) is 0 Å². The van der Waals surface area contributed by atoms with E-state index in [9.17, 15) is 19.2 Å². The van der Waals surface area contributed by atoms with Crippen LogP contribution in [0.2, 0.25) is 0 Å². The third-order valence-corrected chi connectivity index (χ3v) is 14.2. The maximum atomic E-state index is 15.3. The Hall–Kier alpha value is -8.29. The summed E-state index contributed by atoms with van der Waals surface area (Å²) in [5, 5.41) is 17.3. The highest BCUT2D eigenvalue weighted by atomic mass is 16.5. The van der Waals surface area contributed by atoms with E-state index >= 15 is 14.4 Å². The Morgan fingerprint density at radius 2 is 1.06 bits per heavy atom. The van der Waals surface area contributed by atoms with Gasteiger partial charge >= 0.3 is 0 Å². The molecule has 5 aromatic rings. The van der Waals surface area contributed by atoms with Crippen molar-refractivity contribution in [2.45, 2.75) is 101 Å². The lowest BCUT2D eigenvalue weighted by Crippen LogP contribution is -2.63. The Labute approximate surface area is 461 Å². The van der Waals surface area contributed by atoms with E-state index in [0.29, 0.717) is 65.5 Å². The fourth-order valence-corrected chi connectivity index (χ4v) is 9.94. The van der Waals surface area contributed by atoms with Gasteiger partial charge in [-0.3, -0.25) is 33.6 Å². The lowest BCUT2D eigenvalue weighted by Gasteiger charge is -2.33. The zero-order chi connectivity index (χ0) is 56.1. The number of rotatable bonds is 21. The summed E-state index contributed by atoms with van der Waals surface area (Å²) in [5.74, 6) is -4.36. The molecule has 7 amide bonds. The van der Waals surface area contributed by atoms with Crippen LogP contribution >= 0.6 is 0 Å². The Morgan fingerprint density at radius 1 is 0.557 bits per heavy atom. The molecule has 2 heterocycles. The summed E-state index contributed by atoms with van der Waals surface area (Å²) >= 11 is 0. The summed E-state index contributed by atoms with van der Waals surface area (Å²) in [5.41, 5.74) is 15.3. The Kier molecular flexibility index (Phi) is 21.8. The molecule has 0 radical (unpaired) electrons. The largest absolute Gasteiger partial charge is 0.497 e. The van der Waals surface area contributed by atoms with E-state index in [1.807, 2.05) is 36.4 Å². The highest BCUT2D eigenvalue weighted by molar-refractivity contribution is 6.00. The van der Waals surface area contributed by atoms with Gasteiger partial charge < -0.3 is 62.5 Å². The van der Waals surface area contributed by atoms with Gasteiger partial charge in [0.2, 0.25) is 41.4 Å². The second-order valence-electron chi connectivity index (χ2n) is 19.8. The number of methoxy groups -OCH3 is 2. The van der Waals surface area contributed by atoms with Gasteiger partial charge in [-0.15, -0.1) is 0 Å². The fraction of sp³-hybridized carbons (Fsp3) is 0.383. The van der Waals surface area contributed by atoms with Crippen LogP contribution in [0.5, 0.6) is 17.2 Å². The second-order valence-corrected chi connectivity index (χ2v) is 19.8. The van der Waals surface area contributed by atoms with Crippen LogP contribution in [0.15, 0.2) is 133 Å². The first kappa shape index (κ1) is 58.4. The average molecular weight is 1080 g/mol. The van der Waals surface area contributed by atoms with Gasteiger partial charge in [-0.2, -0.15) is 0 Å². The summed E-state index contributed by atoms with van der Waals surface area (Å²) in [7, 11) is 3.03. The minimum absolute atomic E-state index is 0.0164. The zero-order valence-electron chi connectivity index (χ0n) is 44.8. The monoisotopic (exact) mass is 1080 g/mol. The first-order valence-corrected chi connectivity index (χ1v) is 26.9. The van der Waals surface area contributed by atoms with Crippen LogP contribution in [0.3, 0.4) is 0 Å². The molecule has 2 aliphatic rings. The number of benzene rings is 5. The van der Waals surface area contributed by atoms with Gasteiger partial charge in [-0.05, 0) is 103 Å². The average Bonchev–Trinajstić information content (AvgIpc) is 4.09. The minimum Gasteiger partial charge on any atom is -0.497 e. The number of hydrogen-bond donors (Lipinski definition) is 8. The standard InChI is InChI=1S/C60H73N9O10/c1-77-45-26-28-52(78-2)43(37-45)23-27-48-56(72)64-47(20-12-13-30-61)55(71)66-49(35-41-21-24-44(25-22-41)79-38-42-18-10-5-11-19-42)58(74)68-51(36-40-16-8-4-9-17-40)60(76)69-33-29-46(54(70)63-32-31-62)53(69)59(75)67-50(57(73)65-48)34-39-14-6-3-7-15-39/h3-11,14-19,21-22,24-26,28,37,46-51,53H,12-13,20,23,27,29-36,38,61-62H2,1-2H3,(H,63,70)(H,64,72)(H,65,73)(H,66,71)(H,67,75)(H,68,74)/t46?,47-,48-,49-,50-,51-,53-/m0/s1. The molecule has 2 saturated heterocycles. The number of nitrogens with zero attached hydrogens (tertiary/aromatic N) is 1. The molecule has 7 rings (SSSR count). The SMILES string of the molecule is COc1ccc(OC)c(CC[C@@H]2NC(=O)[C@H](Cc3ccccc3)NC(=O)[C@@H]3C(C(=O)NCCN)CCN3C(=O)[C@H](Cc3ccccc3)NC(=O)[C@H](Cc3ccc(OCc4ccccc4)cc3)NC(=O)[C@H](CCCCN)NC2=O)c1. The third-order valence-electron chi connectivity index (χ3n) is 14.2. The van der Waals surface area contributed by atoms with Crippen molar-refractivity contribution < 1.29 is 47.8 Å². The summed E-state index contributed by atoms with van der Waals surface area (Å²) in [6.07, 6.45) is 1.11. The number of ether oxygens (including phenoxy) is 3. The molecule has 1 unspecified atom stereocenters. The van der Waals surface area contributed by atoms with Crippen LogP contribution < -0.4 is 57.6 Å². The van der Waals surface area contributed by atoms with E-state index in [2.05, 4.69) is 31.9 Å².